The van der Waals surface area contributed by atoms with Gasteiger partial charge in [0.2, 0.25) is 12.7 Å². The fraction of sp³-hybridized carbons (Fsp3) is 0.188. The van der Waals surface area contributed by atoms with Crippen LogP contribution >= 0.6 is 23.2 Å². The monoisotopic (exact) mass is 382 g/mol. The van der Waals surface area contributed by atoms with Crippen LogP contribution in [0.15, 0.2) is 18.2 Å². The SMILES string of the molecule is COC(=O)c1nc(-c2ccc3c(c2Cl)OCO3)cc(NC(C)=O)c1Cl. The molecule has 1 aliphatic heterocycles. The maximum absolute atomic E-state index is 12.0. The number of carbonyl (C=O) groups is 2. The summed E-state index contributed by atoms with van der Waals surface area (Å²) in [6.45, 7) is 1.39. The summed E-state index contributed by atoms with van der Waals surface area (Å²) < 4.78 is 15.3. The predicted octanol–water partition coefficient (Wildman–Crippen LogP) is 3.53. The zero-order valence-electron chi connectivity index (χ0n) is 13.2. The van der Waals surface area contributed by atoms with Gasteiger partial charge in [0, 0.05) is 12.5 Å². The number of nitrogens with one attached hydrogen (secondary N) is 1. The molecule has 0 saturated heterocycles. The molecule has 25 heavy (non-hydrogen) atoms. The summed E-state index contributed by atoms with van der Waals surface area (Å²) in [6.07, 6.45) is 0. The van der Waals surface area contributed by atoms with E-state index in [1.165, 1.54) is 20.1 Å². The van der Waals surface area contributed by atoms with E-state index in [1.807, 2.05) is 0 Å². The van der Waals surface area contributed by atoms with Crippen LogP contribution in [0.2, 0.25) is 10.0 Å². The van der Waals surface area contributed by atoms with Crippen molar-refractivity contribution in [2.75, 3.05) is 19.2 Å². The summed E-state index contributed by atoms with van der Waals surface area (Å²) in [5.41, 5.74) is 0.878. The molecular formula is C16H12Cl2N2O5. The first-order valence-corrected chi connectivity index (χ1v) is 7.83. The van der Waals surface area contributed by atoms with Crippen molar-refractivity contribution in [1.82, 2.24) is 4.98 Å². The second kappa shape index (κ2) is 6.78. The molecule has 0 bridgehead atoms. The number of hydrogen-bond acceptors (Lipinski definition) is 6. The van der Waals surface area contributed by atoms with Crippen LogP contribution in [0.3, 0.4) is 0 Å². The van der Waals surface area contributed by atoms with E-state index in [9.17, 15) is 9.59 Å². The van der Waals surface area contributed by atoms with Crippen LogP contribution in [0, 0.1) is 0 Å². The molecule has 1 N–H and O–H groups in total. The number of amides is 1. The van der Waals surface area contributed by atoms with Crippen molar-refractivity contribution in [3.05, 3.63) is 33.9 Å². The topological polar surface area (TPSA) is 86.8 Å². The van der Waals surface area contributed by atoms with E-state index in [0.717, 1.165) is 0 Å². The number of esters is 1. The van der Waals surface area contributed by atoms with Crippen molar-refractivity contribution in [3.63, 3.8) is 0 Å². The maximum atomic E-state index is 12.0. The molecule has 2 heterocycles. The Labute approximate surface area is 152 Å². The quantitative estimate of drug-likeness (QED) is 0.817. The summed E-state index contributed by atoms with van der Waals surface area (Å²) in [4.78, 5) is 27.6. The Bertz CT molecular complexity index is 885. The fourth-order valence-corrected chi connectivity index (χ4v) is 2.84. The number of aromatic nitrogens is 1. The van der Waals surface area contributed by atoms with Gasteiger partial charge >= 0.3 is 5.97 Å². The van der Waals surface area contributed by atoms with Crippen LogP contribution in [0.4, 0.5) is 5.69 Å². The van der Waals surface area contributed by atoms with Crippen molar-refractivity contribution in [3.8, 4) is 22.8 Å². The van der Waals surface area contributed by atoms with E-state index in [-0.39, 0.29) is 34.1 Å². The van der Waals surface area contributed by atoms with Crippen molar-refractivity contribution < 1.29 is 23.8 Å². The lowest BCUT2D eigenvalue weighted by Gasteiger charge is -2.13. The Kier molecular flexibility index (Phi) is 4.69. The van der Waals surface area contributed by atoms with Gasteiger partial charge in [-0.2, -0.15) is 0 Å². The molecule has 7 nitrogen and oxygen atoms in total. The molecular weight excluding hydrogens is 371 g/mol. The molecule has 3 rings (SSSR count). The zero-order valence-corrected chi connectivity index (χ0v) is 14.7. The molecule has 0 saturated carbocycles. The van der Waals surface area contributed by atoms with Gasteiger partial charge in [-0.15, -0.1) is 0 Å². The van der Waals surface area contributed by atoms with E-state index in [0.29, 0.717) is 22.8 Å². The van der Waals surface area contributed by atoms with Crippen molar-refractivity contribution >= 4 is 40.8 Å². The highest BCUT2D eigenvalue weighted by atomic mass is 35.5. The average Bonchev–Trinajstić information content (AvgIpc) is 3.05. The number of anilines is 1. The van der Waals surface area contributed by atoms with E-state index in [1.54, 1.807) is 12.1 Å². The molecule has 9 heteroatoms. The molecule has 1 aromatic heterocycles. The number of benzene rings is 1. The number of ether oxygens (including phenoxy) is 3. The van der Waals surface area contributed by atoms with Crippen LogP contribution in [0.25, 0.3) is 11.3 Å². The van der Waals surface area contributed by atoms with Crippen LogP contribution < -0.4 is 14.8 Å². The Morgan fingerprint density at radius 2 is 2.00 bits per heavy atom. The lowest BCUT2D eigenvalue weighted by molar-refractivity contribution is -0.114. The van der Waals surface area contributed by atoms with E-state index < -0.39 is 5.97 Å². The number of carbonyl (C=O) groups excluding carboxylic acids is 2. The van der Waals surface area contributed by atoms with Gasteiger partial charge in [-0.05, 0) is 18.2 Å². The molecule has 0 fully saturated rings. The Morgan fingerprint density at radius 1 is 1.24 bits per heavy atom. The van der Waals surface area contributed by atoms with Gasteiger partial charge < -0.3 is 19.5 Å². The second-order valence-corrected chi connectivity index (χ2v) is 5.81. The third kappa shape index (κ3) is 3.20. The van der Waals surface area contributed by atoms with Gasteiger partial charge in [-0.25, -0.2) is 9.78 Å². The largest absolute Gasteiger partial charge is 0.464 e. The van der Waals surface area contributed by atoms with Crippen LogP contribution in [-0.4, -0.2) is 30.8 Å². The third-order valence-corrected chi connectivity index (χ3v) is 4.16. The van der Waals surface area contributed by atoms with Crippen molar-refractivity contribution in [1.29, 1.82) is 0 Å². The Hall–Kier alpha value is -2.51. The van der Waals surface area contributed by atoms with E-state index >= 15 is 0 Å². The number of methoxy groups -OCH3 is 1. The van der Waals surface area contributed by atoms with Gasteiger partial charge in [-0.3, -0.25) is 4.79 Å². The zero-order chi connectivity index (χ0) is 18.1. The molecule has 130 valence electrons. The highest BCUT2D eigenvalue weighted by Gasteiger charge is 2.24. The number of halogens is 2. The average molecular weight is 383 g/mol. The normalized spacial score (nSPS) is 12.0. The number of rotatable bonds is 3. The Morgan fingerprint density at radius 3 is 2.68 bits per heavy atom. The second-order valence-electron chi connectivity index (χ2n) is 5.05. The highest BCUT2D eigenvalue weighted by molar-refractivity contribution is 6.37. The molecule has 1 aliphatic rings. The predicted molar refractivity (Wildman–Crippen MR) is 91.5 cm³/mol. The molecule has 0 unspecified atom stereocenters. The molecule has 0 radical (unpaired) electrons. The summed E-state index contributed by atoms with van der Waals surface area (Å²) in [7, 11) is 1.21. The Balaban J connectivity index is 2.19. The van der Waals surface area contributed by atoms with Crippen LogP contribution in [0.1, 0.15) is 17.4 Å². The van der Waals surface area contributed by atoms with Gasteiger partial charge in [-0.1, -0.05) is 23.2 Å². The third-order valence-electron chi connectivity index (χ3n) is 3.40. The van der Waals surface area contributed by atoms with E-state index in [2.05, 4.69) is 10.3 Å². The summed E-state index contributed by atoms with van der Waals surface area (Å²) in [5.74, 6) is -0.198. The molecule has 0 spiro atoms. The first-order chi connectivity index (χ1) is 11.9. The molecule has 0 atom stereocenters. The van der Waals surface area contributed by atoms with Gasteiger partial charge in [0.15, 0.2) is 17.2 Å². The molecule has 1 aromatic carbocycles. The summed E-state index contributed by atoms with van der Waals surface area (Å²) in [5, 5.41) is 2.80. The van der Waals surface area contributed by atoms with Crippen LogP contribution in [0.5, 0.6) is 11.5 Å². The standard InChI is InChI=1S/C16H12Cl2N2O5/c1-7(21)19-10-5-9(20-14(13(10)18)16(22)23-2)8-3-4-11-15(12(8)17)25-6-24-11/h3-5H,6H2,1-2H3,(H,19,20,21). The van der Waals surface area contributed by atoms with Crippen molar-refractivity contribution in [2.45, 2.75) is 6.92 Å². The number of pyridine rings is 1. The van der Waals surface area contributed by atoms with E-state index in [4.69, 9.17) is 37.4 Å². The first-order valence-electron chi connectivity index (χ1n) is 7.07. The van der Waals surface area contributed by atoms with Gasteiger partial charge in [0.25, 0.3) is 0 Å². The van der Waals surface area contributed by atoms with Gasteiger partial charge in [0.1, 0.15) is 0 Å². The smallest absolute Gasteiger partial charge is 0.358 e. The van der Waals surface area contributed by atoms with Gasteiger partial charge in [0.05, 0.1) is 28.5 Å². The van der Waals surface area contributed by atoms with Crippen LogP contribution in [-0.2, 0) is 9.53 Å². The van der Waals surface area contributed by atoms with Crippen molar-refractivity contribution in [2.24, 2.45) is 0 Å². The lowest BCUT2D eigenvalue weighted by atomic mass is 10.1. The first kappa shape index (κ1) is 17.3. The molecule has 0 aliphatic carbocycles. The minimum absolute atomic E-state index is 0.0253. The molecule has 2 aromatic rings. The number of nitrogens with zero attached hydrogens (tertiary/aromatic N) is 1. The molecule has 1 amide bonds. The fourth-order valence-electron chi connectivity index (χ4n) is 2.32. The minimum atomic E-state index is -0.740. The lowest BCUT2D eigenvalue weighted by Crippen LogP contribution is -2.12. The summed E-state index contributed by atoms with van der Waals surface area (Å²) >= 11 is 12.5. The number of fused-ring (bicyclic) bond motifs is 1. The highest BCUT2D eigenvalue weighted by Crippen LogP contribution is 2.44. The minimum Gasteiger partial charge on any atom is -0.464 e. The number of hydrogen-bond donors (Lipinski definition) is 1. The maximum Gasteiger partial charge on any atom is 0.358 e. The summed E-state index contributed by atoms with van der Waals surface area (Å²) in [6, 6.07) is 4.86.